The van der Waals surface area contributed by atoms with Gasteiger partial charge in [-0.15, -0.1) is 0 Å². The van der Waals surface area contributed by atoms with E-state index in [4.69, 9.17) is 4.42 Å². The van der Waals surface area contributed by atoms with Crippen LogP contribution in [0.4, 0.5) is 0 Å². The van der Waals surface area contributed by atoms with E-state index < -0.39 is 0 Å². The molecule has 1 aromatic heterocycles. The van der Waals surface area contributed by atoms with Gasteiger partial charge in [0.05, 0.1) is 12.8 Å². The summed E-state index contributed by atoms with van der Waals surface area (Å²) in [4.78, 5) is 2.40. The van der Waals surface area contributed by atoms with Gasteiger partial charge in [-0.1, -0.05) is 6.42 Å². The van der Waals surface area contributed by atoms with Crippen LogP contribution in [-0.4, -0.2) is 18.0 Å². The van der Waals surface area contributed by atoms with Crippen LogP contribution in [0.1, 0.15) is 30.6 Å². The first-order chi connectivity index (χ1) is 6.27. The highest BCUT2D eigenvalue weighted by molar-refractivity contribution is 5.14. The molecule has 0 atom stereocenters. The molecular weight excluding hydrogens is 162 g/mol. The van der Waals surface area contributed by atoms with Crippen LogP contribution in [-0.2, 0) is 6.54 Å². The lowest BCUT2D eigenvalue weighted by Gasteiger charge is -2.34. The standard InChI is InChI=1S/C11H17NO/c1-9-6-7-13-11(9)8-12(2)10-4-3-5-10/h6-7,10H,3-5,8H2,1-2H3. The Balaban J connectivity index is 1.93. The summed E-state index contributed by atoms with van der Waals surface area (Å²) in [6, 6.07) is 2.83. The second-order valence-corrected chi connectivity index (χ2v) is 4.03. The van der Waals surface area contributed by atoms with Gasteiger partial charge in [0.25, 0.3) is 0 Å². The van der Waals surface area contributed by atoms with Gasteiger partial charge < -0.3 is 4.42 Å². The predicted octanol–water partition coefficient (Wildman–Crippen LogP) is 2.57. The molecule has 0 radical (unpaired) electrons. The minimum atomic E-state index is 0.796. The summed E-state index contributed by atoms with van der Waals surface area (Å²) in [5, 5.41) is 0. The molecule has 0 bridgehead atoms. The largest absolute Gasteiger partial charge is 0.468 e. The fourth-order valence-electron chi connectivity index (χ4n) is 1.75. The second-order valence-electron chi connectivity index (χ2n) is 4.03. The predicted molar refractivity (Wildman–Crippen MR) is 52.6 cm³/mol. The van der Waals surface area contributed by atoms with Crippen molar-refractivity contribution in [2.75, 3.05) is 7.05 Å². The Morgan fingerprint density at radius 2 is 2.31 bits per heavy atom. The van der Waals surface area contributed by atoms with Crippen LogP contribution in [0.25, 0.3) is 0 Å². The van der Waals surface area contributed by atoms with Gasteiger partial charge in [0.1, 0.15) is 5.76 Å². The van der Waals surface area contributed by atoms with E-state index in [9.17, 15) is 0 Å². The quantitative estimate of drug-likeness (QED) is 0.709. The first-order valence-corrected chi connectivity index (χ1v) is 5.00. The normalized spacial score (nSPS) is 17.8. The third-order valence-corrected chi connectivity index (χ3v) is 3.06. The lowest BCUT2D eigenvalue weighted by atomic mass is 9.92. The maximum Gasteiger partial charge on any atom is 0.120 e. The summed E-state index contributed by atoms with van der Waals surface area (Å²) in [6.07, 6.45) is 5.89. The Bertz CT molecular complexity index is 275. The van der Waals surface area contributed by atoms with E-state index in [2.05, 4.69) is 18.9 Å². The molecule has 1 heterocycles. The number of aryl methyl sites for hydroxylation is 1. The van der Waals surface area contributed by atoms with E-state index in [1.165, 1.54) is 24.8 Å². The molecule has 2 nitrogen and oxygen atoms in total. The van der Waals surface area contributed by atoms with Crippen molar-refractivity contribution < 1.29 is 4.42 Å². The highest BCUT2D eigenvalue weighted by atomic mass is 16.3. The zero-order chi connectivity index (χ0) is 9.26. The fraction of sp³-hybridized carbons (Fsp3) is 0.636. The Hall–Kier alpha value is -0.760. The maximum absolute atomic E-state index is 5.41. The molecule has 1 saturated carbocycles. The van der Waals surface area contributed by atoms with Crippen LogP contribution in [0.5, 0.6) is 0 Å². The number of furan rings is 1. The highest BCUT2D eigenvalue weighted by Crippen LogP contribution is 2.25. The van der Waals surface area contributed by atoms with Crippen molar-refractivity contribution >= 4 is 0 Å². The molecule has 1 aliphatic rings. The molecule has 0 amide bonds. The van der Waals surface area contributed by atoms with Gasteiger partial charge in [-0.25, -0.2) is 0 Å². The topological polar surface area (TPSA) is 16.4 Å². The molecule has 72 valence electrons. The average molecular weight is 179 g/mol. The van der Waals surface area contributed by atoms with Crippen molar-refractivity contribution in [2.45, 2.75) is 38.8 Å². The lowest BCUT2D eigenvalue weighted by molar-refractivity contribution is 0.143. The summed E-state index contributed by atoms with van der Waals surface area (Å²) in [5.41, 5.74) is 1.27. The van der Waals surface area contributed by atoms with E-state index in [-0.39, 0.29) is 0 Å². The second kappa shape index (κ2) is 3.54. The maximum atomic E-state index is 5.41. The highest BCUT2D eigenvalue weighted by Gasteiger charge is 2.22. The molecule has 0 aliphatic heterocycles. The fourth-order valence-corrected chi connectivity index (χ4v) is 1.75. The summed E-state index contributed by atoms with van der Waals surface area (Å²) >= 11 is 0. The van der Waals surface area contributed by atoms with E-state index >= 15 is 0 Å². The molecule has 0 aromatic carbocycles. The van der Waals surface area contributed by atoms with Gasteiger partial charge in [-0.05, 0) is 38.4 Å². The number of hydrogen-bond acceptors (Lipinski definition) is 2. The minimum absolute atomic E-state index is 0.796. The van der Waals surface area contributed by atoms with Crippen molar-refractivity contribution in [1.82, 2.24) is 4.90 Å². The van der Waals surface area contributed by atoms with E-state index in [1.54, 1.807) is 6.26 Å². The smallest absolute Gasteiger partial charge is 0.120 e. The number of hydrogen-bond donors (Lipinski definition) is 0. The zero-order valence-corrected chi connectivity index (χ0v) is 8.42. The average Bonchev–Trinajstić information content (AvgIpc) is 2.32. The van der Waals surface area contributed by atoms with Gasteiger partial charge in [-0.2, -0.15) is 0 Å². The Labute approximate surface area is 79.5 Å². The van der Waals surface area contributed by atoms with Crippen LogP contribution in [0.2, 0.25) is 0 Å². The molecular formula is C11H17NO. The first kappa shape index (κ1) is 8.82. The van der Waals surface area contributed by atoms with Crippen molar-refractivity contribution in [3.8, 4) is 0 Å². The molecule has 0 unspecified atom stereocenters. The third kappa shape index (κ3) is 1.78. The monoisotopic (exact) mass is 179 g/mol. The van der Waals surface area contributed by atoms with Crippen molar-refractivity contribution in [1.29, 1.82) is 0 Å². The summed E-state index contributed by atoms with van der Waals surface area (Å²) < 4.78 is 5.41. The third-order valence-electron chi connectivity index (χ3n) is 3.06. The van der Waals surface area contributed by atoms with Gasteiger partial charge in [-0.3, -0.25) is 4.90 Å². The van der Waals surface area contributed by atoms with Gasteiger partial charge in [0.15, 0.2) is 0 Å². The molecule has 1 aliphatic carbocycles. The van der Waals surface area contributed by atoms with E-state index in [0.29, 0.717) is 0 Å². The molecule has 0 spiro atoms. The molecule has 0 N–H and O–H groups in total. The van der Waals surface area contributed by atoms with Crippen LogP contribution < -0.4 is 0 Å². The van der Waals surface area contributed by atoms with Gasteiger partial charge in [0.2, 0.25) is 0 Å². The Kier molecular flexibility index (Phi) is 2.40. The van der Waals surface area contributed by atoms with E-state index in [0.717, 1.165) is 18.3 Å². The minimum Gasteiger partial charge on any atom is -0.468 e. The van der Waals surface area contributed by atoms with Crippen molar-refractivity contribution in [3.63, 3.8) is 0 Å². The van der Waals surface area contributed by atoms with Crippen molar-refractivity contribution in [2.24, 2.45) is 0 Å². The Morgan fingerprint density at radius 1 is 1.54 bits per heavy atom. The Morgan fingerprint density at radius 3 is 2.77 bits per heavy atom. The van der Waals surface area contributed by atoms with E-state index in [1.807, 2.05) is 6.07 Å². The molecule has 13 heavy (non-hydrogen) atoms. The van der Waals surface area contributed by atoms with Gasteiger partial charge >= 0.3 is 0 Å². The summed E-state index contributed by atoms with van der Waals surface area (Å²) in [5.74, 6) is 1.12. The molecule has 1 aromatic rings. The summed E-state index contributed by atoms with van der Waals surface area (Å²) in [7, 11) is 2.19. The molecule has 2 rings (SSSR count). The molecule has 2 heteroatoms. The van der Waals surface area contributed by atoms with Crippen LogP contribution in [0, 0.1) is 6.92 Å². The first-order valence-electron chi connectivity index (χ1n) is 5.00. The van der Waals surface area contributed by atoms with Crippen LogP contribution >= 0.6 is 0 Å². The van der Waals surface area contributed by atoms with Crippen LogP contribution in [0.15, 0.2) is 16.7 Å². The van der Waals surface area contributed by atoms with Gasteiger partial charge in [0, 0.05) is 6.04 Å². The number of nitrogens with zero attached hydrogens (tertiary/aromatic N) is 1. The SMILES string of the molecule is Cc1ccoc1CN(C)C1CCC1. The van der Waals surface area contributed by atoms with Crippen molar-refractivity contribution in [3.05, 3.63) is 23.7 Å². The van der Waals surface area contributed by atoms with Crippen LogP contribution in [0.3, 0.4) is 0 Å². The lowest BCUT2D eigenvalue weighted by Crippen LogP contribution is -2.36. The zero-order valence-electron chi connectivity index (χ0n) is 8.42. The molecule has 0 saturated heterocycles. The number of rotatable bonds is 3. The molecule has 1 fully saturated rings. The summed E-state index contributed by atoms with van der Waals surface area (Å²) in [6.45, 7) is 3.07.